The number of halogens is 1. The van der Waals surface area contributed by atoms with Crippen LogP contribution in [-0.2, 0) is 6.42 Å². The summed E-state index contributed by atoms with van der Waals surface area (Å²) in [6, 6.07) is 0. The lowest BCUT2D eigenvalue weighted by atomic mass is 10.2. The van der Waals surface area contributed by atoms with Crippen LogP contribution in [0.1, 0.15) is 44.6 Å². The molecule has 0 atom stereocenters. The van der Waals surface area contributed by atoms with Crippen molar-refractivity contribution in [1.82, 2.24) is 9.97 Å². The molecule has 3 nitrogen and oxygen atoms in total. The van der Waals surface area contributed by atoms with Crippen LogP contribution in [0.3, 0.4) is 0 Å². The average Bonchev–Trinajstić information content (AvgIpc) is 2.28. The van der Waals surface area contributed by atoms with E-state index in [1.165, 1.54) is 6.42 Å². The molecule has 4 heteroatoms. The number of nitrogens with zero attached hydrogens (tertiary/aromatic N) is 2. The van der Waals surface area contributed by atoms with Gasteiger partial charge < -0.3 is 5.32 Å². The van der Waals surface area contributed by atoms with Gasteiger partial charge in [-0.25, -0.2) is 9.97 Å². The molecule has 0 spiro atoms. The molecule has 0 aromatic carbocycles. The maximum Gasteiger partial charge on any atom is 0.143 e. The Balaban J connectivity index is 2.83. The molecule has 0 unspecified atom stereocenters. The minimum Gasteiger partial charge on any atom is -0.369 e. The molecular formula is C12H20IN3. The minimum atomic E-state index is 0.971. The first-order chi connectivity index (χ1) is 7.69. The second kappa shape index (κ2) is 7.04. The Morgan fingerprint density at radius 1 is 1.19 bits per heavy atom. The highest BCUT2D eigenvalue weighted by molar-refractivity contribution is 14.1. The Bertz CT molecular complexity index is 339. The van der Waals surface area contributed by atoms with Crippen LogP contribution in [0.4, 0.5) is 5.82 Å². The molecule has 0 aliphatic carbocycles. The number of hydrogen-bond acceptors (Lipinski definition) is 3. The molecule has 1 rings (SSSR count). The van der Waals surface area contributed by atoms with Gasteiger partial charge in [0.2, 0.25) is 0 Å². The molecule has 1 N–H and O–H groups in total. The molecule has 0 bridgehead atoms. The third-order valence-corrected chi connectivity index (χ3v) is 3.65. The highest BCUT2D eigenvalue weighted by Crippen LogP contribution is 2.19. The molecule has 0 saturated carbocycles. The lowest BCUT2D eigenvalue weighted by molar-refractivity contribution is 0.746. The summed E-state index contributed by atoms with van der Waals surface area (Å²) in [4.78, 5) is 9.10. The number of hydrogen-bond donors (Lipinski definition) is 1. The van der Waals surface area contributed by atoms with Gasteiger partial charge in [-0.1, -0.05) is 20.3 Å². The number of aromatic nitrogens is 2. The molecule has 0 saturated heterocycles. The van der Waals surface area contributed by atoms with Crippen LogP contribution < -0.4 is 5.32 Å². The van der Waals surface area contributed by atoms with E-state index < -0.39 is 0 Å². The van der Waals surface area contributed by atoms with E-state index in [9.17, 15) is 0 Å². The van der Waals surface area contributed by atoms with Crippen molar-refractivity contribution in [2.75, 3.05) is 11.9 Å². The van der Waals surface area contributed by atoms with Crippen molar-refractivity contribution in [2.24, 2.45) is 0 Å². The lowest BCUT2D eigenvalue weighted by Gasteiger charge is -2.10. The molecule has 0 aliphatic rings. The van der Waals surface area contributed by atoms with E-state index in [-0.39, 0.29) is 0 Å². The van der Waals surface area contributed by atoms with Crippen molar-refractivity contribution in [2.45, 2.75) is 46.5 Å². The Morgan fingerprint density at radius 3 is 2.56 bits per heavy atom. The summed E-state index contributed by atoms with van der Waals surface area (Å²) in [5, 5.41) is 3.36. The summed E-state index contributed by atoms with van der Waals surface area (Å²) >= 11 is 2.31. The lowest BCUT2D eigenvalue weighted by Crippen LogP contribution is -2.09. The monoisotopic (exact) mass is 333 g/mol. The zero-order valence-corrected chi connectivity index (χ0v) is 12.5. The predicted octanol–water partition coefficient (Wildman–Crippen LogP) is 3.55. The minimum absolute atomic E-state index is 0.971. The zero-order chi connectivity index (χ0) is 12.0. The molecule has 0 radical (unpaired) electrons. The number of rotatable bonds is 6. The predicted molar refractivity (Wildman–Crippen MR) is 76.9 cm³/mol. The highest BCUT2D eigenvalue weighted by atomic mass is 127. The molecule has 0 fully saturated rings. The smallest absolute Gasteiger partial charge is 0.143 e. The molecule has 16 heavy (non-hydrogen) atoms. The maximum atomic E-state index is 4.58. The molecule has 1 heterocycles. The van der Waals surface area contributed by atoms with Crippen molar-refractivity contribution < 1.29 is 0 Å². The van der Waals surface area contributed by atoms with E-state index in [0.717, 1.165) is 46.7 Å². The fourth-order valence-electron chi connectivity index (χ4n) is 1.42. The first-order valence-corrected chi connectivity index (χ1v) is 7.03. The number of anilines is 1. The van der Waals surface area contributed by atoms with Gasteiger partial charge >= 0.3 is 0 Å². The second-order valence-corrected chi connectivity index (χ2v) is 5.00. The largest absolute Gasteiger partial charge is 0.369 e. The van der Waals surface area contributed by atoms with Gasteiger partial charge in [-0.3, -0.25) is 0 Å². The van der Waals surface area contributed by atoms with Crippen LogP contribution in [-0.4, -0.2) is 16.5 Å². The van der Waals surface area contributed by atoms with Gasteiger partial charge in [0.05, 0.1) is 9.26 Å². The average molecular weight is 333 g/mol. The van der Waals surface area contributed by atoms with E-state index in [2.05, 4.69) is 58.6 Å². The van der Waals surface area contributed by atoms with Gasteiger partial charge in [0, 0.05) is 13.0 Å². The van der Waals surface area contributed by atoms with Gasteiger partial charge in [-0.15, -0.1) is 0 Å². The third kappa shape index (κ3) is 3.88. The quantitative estimate of drug-likeness (QED) is 0.809. The second-order valence-electron chi connectivity index (χ2n) is 3.92. The van der Waals surface area contributed by atoms with Crippen LogP contribution in [0.5, 0.6) is 0 Å². The van der Waals surface area contributed by atoms with Crippen LogP contribution in [0.2, 0.25) is 0 Å². The number of aryl methyl sites for hydroxylation is 2. The Morgan fingerprint density at radius 2 is 1.94 bits per heavy atom. The van der Waals surface area contributed by atoms with Crippen molar-refractivity contribution in [3.8, 4) is 0 Å². The fraction of sp³-hybridized carbons (Fsp3) is 0.667. The molecule has 0 amide bonds. The molecular weight excluding hydrogens is 313 g/mol. The van der Waals surface area contributed by atoms with Crippen molar-refractivity contribution in [3.63, 3.8) is 0 Å². The van der Waals surface area contributed by atoms with Crippen molar-refractivity contribution in [1.29, 1.82) is 0 Å². The van der Waals surface area contributed by atoms with Gasteiger partial charge in [-0.2, -0.15) is 0 Å². The van der Waals surface area contributed by atoms with E-state index in [1.807, 2.05) is 0 Å². The Hall–Kier alpha value is -0.390. The third-order valence-electron chi connectivity index (χ3n) is 2.36. The van der Waals surface area contributed by atoms with E-state index in [1.54, 1.807) is 0 Å². The van der Waals surface area contributed by atoms with Crippen molar-refractivity contribution in [3.05, 3.63) is 15.1 Å². The van der Waals surface area contributed by atoms with Gasteiger partial charge in [-0.05, 0) is 42.4 Å². The summed E-state index contributed by atoms with van der Waals surface area (Å²) in [5.74, 6) is 1.97. The number of nitrogens with one attached hydrogen (secondary N) is 1. The van der Waals surface area contributed by atoms with Gasteiger partial charge in [0.1, 0.15) is 11.6 Å². The molecule has 90 valence electrons. The fourth-order valence-corrected chi connectivity index (χ4v) is 1.86. The summed E-state index contributed by atoms with van der Waals surface area (Å²) in [6.07, 6.45) is 4.44. The van der Waals surface area contributed by atoms with Crippen LogP contribution >= 0.6 is 22.6 Å². The summed E-state index contributed by atoms with van der Waals surface area (Å²) in [5.41, 5.74) is 1.08. The van der Waals surface area contributed by atoms with E-state index in [4.69, 9.17) is 0 Å². The summed E-state index contributed by atoms with van der Waals surface area (Å²) in [7, 11) is 0. The zero-order valence-electron chi connectivity index (χ0n) is 10.3. The summed E-state index contributed by atoms with van der Waals surface area (Å²) in [6.45, 7) is 7.37. The Kier molecular flexibility index (Phi) is 6.01. The van der Waals surface area contributed by atoms with E-state index in [0.29, 0.717) is 0 Å². The first-order valence-electron chi connectivity index (χ1n) is 5.95. The highest BCUT2D eigenvalue weighted by Gasteiger charge is 2.08. The molecule has 1 aromatic rings. The van der Waals surface area contributed by atoms with Crippen LogP contribution in [0.15, 0.2) is 0 Å². The normalized spacial score (nSPS) is 10.5. The maximum absolute atomic E-state index is 4.58. The topological polar surface area (TPSA) is 37.8 Å². The van der Waals surface area contributed by atoms with Crippen LogP contribution in [0, 0.1) is 10.5 Å². The van der Waals surface area contributed by atoms with E-state index >= 15 is 0 Å². The standard InChI is InChI=1S/C12H20IN3/c1-4-6-7-10-15-9(3)11(13)12(16-10)14-8-5-2/h4-8H2,1-3H3,(H,14,15,16). The van der Waals surface area contributed by atoms with Crippen LogP contribution in [0.25, 0.3) is 0 Å². The summed E-state index contributed by atoms with van der Waals surface area (Å²) < 4.78 is 1.14. The number of unbranched alkanes of at least 4 members (excludes halogenated alkanes) is 1. The molecule has 1 aromatic heterocycles. The van der Waals surface area contributed by atoms with Crippen molar-refractivity contribution >= 4 is 28.4 Å². The first kappa shape index (κ1) is 13.7. The SMILES string of the molecule is CCCCc1nc(C)c(I)c(NCCC)n1. The van der Waals surface area contributed by atoms with Gasteiger partial charge in [0.15, 0.2) is 0 Å². The Labute approximate surface area is 112 Å². The van der Waals surface area contributed by atoms with Gasteiger partial charge in [0.25, 0.3) is 0 Å². The molecule has 0 aliphatic heterocycles.